The van der Waals surface area contributed by atoms with E-state index in [9.17, 15) is 0 Å². The molecule has 0 spiro atoms. The molecule has 0 radical (unpaired) electrons. The summed E-state index contributed by atoms with van der Waals surface area (Å²) in [4.78, 5) is 10.6. The number of aromatic amines is 1. The fraction of sp³-hybridized carbons (Fsp3) is 0.500. The number of H-pyrrole nitrogens is 1. The lowest BCUT2D eigenvalue weighted by Gasteiger charge is -2.21. The highest BCUT2D eigenvalue weighted by molar-refractivity contribution is 7.15. The summed E-state index contributed by atoms with van der Waals surface area (Å²) in [5, 5.41) is 3.41. The van der Waals surface area contributed by atoms with Gasteiger partial charge in [-0.25, -0.2) is 4.98 Å². The molecule has 1 aliphatic rings. The number of nitrogens with one attached hydrogen (secondary N) is 2. The number of nitrogens with zero attached hydrogens (tertiary/aromatic N) is 1. The molecule has 96 valence electrons. The van der Waals surface area contributed by atoms with Crippen molar-refractivity contribution in [2.45, 2.75) is 26.2 Å². The van der Waals surface area contributed by atoms with Gasteiger partial charge < -0.3 is 10.3 Å². The van der Waals surface area contributed by atoms with Crippen LogP contribution in [0.3, 0.4) is 0 Å². The molecule has 0 amide bonds. The van der Waals surface area contributed by atoms with Crippen LogP contribution < -0.4 is 5.32 Å². The number of aryl methyl sites for hydroxylation is 1. The lowest BCUT2D eigenvalue weighted by molar-refractivity contribution is 0.368. The van der Waals surface area contributed by atoms with Crippen molar-refractivity contribution in [2.75, 3.05) is 13.1 Å². The molecule has 3 rings (SSSR count). The summed E-state index contributed by atoms with van der Waals surface area (Å²) in [6.45, 7) is 4.45. The van der Waals surface area contributed by atoms with E-state index in [1.54, 1.807) is 0 Å². The van der Waals surface area contributed by atoms with Crippen molar-refractivity contribution in [1.82, 2.24) is 15.3 Å². The van der Waals surface area contributed by atoms with Crippen LogP contribution in [0, 0.1) is 12.8 Å². The van der Waals surface area contributed by atoms with Gasteiger partial charge >= 0.3 is 0 Å². The molecule has 0 saturated carbocycles. The van der Waals surface area contributed by atoms with Crippen LogP contribution in [0.2, 0.25) is 0 Å². The molecule has 0 aromatic carbocycles. The molecule has 0 atom stereocenters. The molecule has 2 N–H and O–H groups in total. The first-order valence-electron chi connectivity index (χ1n) is 6.62. The summed E-state index contributed by atoms with van der Waals surface area (Å²) in [6, 6.07) is 4.33. The Hall–Kier alpha value is -1.13. The maximum Gasteiger partial charge on any atom is 0.106 e. The minimum atomic E-state index is 0.787. The predicted molar refractivity (Wildman–Crippen MR) is 75.9 cm³/mol. The van der Waals surface area contributed by atoms with Gasteiger partial charge in [-0.3, -0.25) is 0 Å². The minimum Gasteiger partial charge on any atom is -0.341 e. The van der Waals surface area contributed by atoms with Crippen molar-refractivity contribution in [2.24, 2.45) is 5.92 Å². The lowest BCUT2D eigenvalue weighted by Crippen LogP contribution is -2.28. The standard InChI is InChI=1S/C14H19N3S/c1-10-2-3-13(18-10)12-9-16-14(17-12)8-11-4-6-15-7-5-11/h2-3,9,11,15H,4-8H2,1H3,(H,16,17). The van der Waals surface area contributed by atoms with Crippen molar-refractivity contribution in [3.8, 4) is 10.6 Å². The van der Waals surface area contributed by atoms with Crippen LogP contribution in [0.25, 0.3) is 10.6 Å². The van der Waals surface area contributed by atoms with Crippen LogP contribution in [0.5, 0.6) is 0 Å². The fourth-order valence-electron chi connectivity index (χ4n) is 2.53. The van der Waals surface area contributed by atoms with Crippen LogP contribution in [-0.2, 0) is 6.42 Å². The van der Waals surface area contributed by atoms with E-state index < -0.39 is 0 Å². The van der Waals surface area contributed by atoms with Gasteiger partial charge in [-0.1, -0.05) is 0 Å². The zero-order valence-corrected chi connectivity index (χ0v) is 11.5. The van der Waals surface area contributed by atoms with Gasteiger partial charge in [0, 0.05) is 11.3 Å². The highest BCUT2D eigenvalue weighted by Crippen LogP contribution is 2.26. The van der Waals surface area contributed by atoms with E-state index in [-0.39, 0.29) is 0 Å². The van der Waals surface area contributed by atoms with Gasteiger partial charge in [0.25, 0.3) is 0 Å². The third-order valence-corrected chi connectivity index (χ3v) is 4.61. The molecule has 0 aliphatic carbocycles. The summed E-state index contributed by atoms with van der Waals surface area (Å²) >= 11 is 1.82. The van der Waals surface area contributed by atoms with Gasteiger partial charge in [-0.05, 0) is 50.9 Å². The monoisotopic (exact) mass is 261 g/mol. The summed E-state index contributed by atoms with van der Waals surface area (Å²) in [5.74, 6) is 1.93. The Kier molecular flexibility index (Phi) is 3.48. The summed E-state index contributed by atoms with van der Waals surface area (Å²) in [5.41, 5.74) is 1.16. The van der Waals surface area contributed by atoms with Crippen LogP contribution >= 0.6 is 11.3 Å². The third kappa shape index (κ3) is 2.65. The Morgan fingerprint density at radius 2 is 2.17 bits per heavy atom. The summed E-state index contributed by atoms with van der Waals surface area (Å²) < 4.78 is 0. The molecule has 2 aromatic heterocycles. The zero-order chi connectivity index (χ0) is 12.4. The minimum absolute atomic E-state index is 0.787. The average molecular weight is 261 g/mol. The second-order valence-corrected chi connectivity index (χ2v) is 6.34. The largest absolute Gasteiger partial charge is 0.341 e. The molecular weight excluding hydrogens is 242 g/mol. The number of aromatic nitrogens is 2. The van der Waals surface area contributed by atoms with E-state index in [0.717, 1.165) is 36.9 Å². The van der Waals surface area contributed by atoms with Gasteiger partial charge in [0.1, 0.15) is 5.82 Å². The molecule has 1 saturated heterocycles. The van der Waals surface area contributed by atoms with E-state index in [1.165, 1.54) is 22.6 Å². The Morgan fingerprint density at radius 1 is 1.33 bits per heavy atom. The quantitative estimate of drug-likeness (QED) is 0.891. The number of thiophene rings is 1. The maximum absolute atomic E-state index is 4.53. The average Bonchev–Trinajstić information content (AvgIpc) is 2.99. The first-order valence-corrected chi connectivity index (χ1v) is 7.44. The Bertz CT molecular complexity index is 509. The van der Waals surface area contributed by atoms with Gasteiger partial charge in [-0.2, -0.15) is 0 Å². The SMILES string of the molecule is Cc1ccc(-c2cnc(CC3CCNCC3)[nH]2)s1. The van der Waals surface area contributed by atoms with E-state index in [1.807, 2.05) is 17.5 Å². The second-order valence-electron chi connectivity index (χ2n) is 5.05. The van der Waals surface area contributed by atoms with E-state index >= 15 is 0 Å². The van der Waals surface area contributed by atoms with Crippen molar-refractivity contribution in [3.05, 3.63) is 29.0 Å². The topological polar surface area (TPSA) is 40.7 Å². The number of hydrogen-bond acceptors (Lipinski definition) is 3. The Balaban J connectivity index is 1.69. The van der Waals surface area contributed by atoms with Crippen molar-refractivity contribution in [3.63, 3.8) is 0 Å². The normalized spacial score (nSPS) is 17.2. The third-order valence-electron chi connectivity index (χ3n) is 3.58. The highest BCUT2D eigenvalue weighted by atomic mass is 32.1. The molecule has 1 fully saturated rings. The lowest BCUT2D eigenvalue weighted by atomic mass is 9.94. The number of piperidine rings is 1. The molecule has 2 aromatic rings. The van der Waals surface area contributed by atoms with Gasteiger partial charge in [-0.15, -0.1) is 11.3 Å². The number of rotatable bonds is 3. The van der Waals surface area contributed by atoms with Gasteiger partial charge in [0.2, 0.25) is 0 Å². The summed E-state index contributed by atoms with van der Waals surface area (Å²) in [7, 11) is 0. The molecule has 4 heteroatoms. The zero-order valence-electron chi connectivity index (χ0n) is 10.7. The molecule has 3 heterocycles. The molecule has 3 nitrogen and oxygen atoms in total. The first kappa shape index (κ1) is 11.9. The van der Waals surface area contributed by atoms with Crippen LogP contribution in [-0.4, -0.2) is 23.1 Å². The van der Waals surface area contributed by atoms with Crippen LogP contribution in [0.15, 0.2) is 18.3 Å². The van der Waals surface area contributed by atoms with Crippen molar-refractivity contribution >= 4 is 11.3 Å². The predicted octanol–water partition coefficient (Wildman–Crippen LogP) is 2.99. The summed E-state index contributed by atoms with van der Waals surface area (Å²) in [6.07, 6.45) is 5.61. The second kappa shape index (κ2) is 5.24. The molecule has 1 aliphatic heterocycles. The van der Waals surface area contributed by atoms with Crippen molar-refractivity contribution in [1.29, 1.82) is 0 Å². The van der Waals surface area contributed by atoms with E-state index in [2.05, 4.69) is 34.3 Å². The van der Waals surface area contributed by atoms with E-state index in [0.29, 0.717) is 0 Å². The van der Waals surface area contributed by atoms with Gasteiger partial charge in [0.05, 0.1) is 16.8 Å². The van der Waals surface area contributed by atoms with E-state index in [4.69, 9.17) is 0 Å². The Morgan fingerprint density at radius 3 is 2.89 bits per heavy atom. The smallest absolute Gasteiger partial charge is 0.106 e. The first-order chi connectivity index (χ1) is 8.81. The van der Waals surface area contributed by atoms with Gasteiger partial charge in [0.15, 0.2) is 0 Å². The Labute approximate surface area is 112 Å². The van der Waals surface area contributed by atoms with Crippen LogP contribution in [0.1, 0.15) is 23.5 Å². The fourth-order valence-corrected chi connectivity index (χ4v) is 3.36. The number of hydrogen-bond donors (Lipinski definition) is 2. The van der Waals surface area contributed by atoms with Crippen molar-refractivity contribution < 1.29 is 0 Å². The van der Waals surface area contributed by atoms with Crippen LogP contribution in [0.4, 0.5) is 0 Å². The maximum atomic E-state index is 4.53. The number of imidazole rings is 1. The molecule has 18 heavy (non-hydrogen) atoms. The molecular formula is C14H19N3S. The highest BCUT2D eigenvalue weighted by Gasteiger charge is 2.15. The molecule has 0 bridgehead atoms. The molecule has 0 unspecified atom stereocenters.